The van der Waals surface area contributed by atoms with E-state index in [9.17, 15) is 10.1 Å². The molecule has 0 radical (unpaired) electrons. The first-order valence-electron chi connectivity index (χ1n) is 8.38. The molecule has 0 aliphatic carbocycles. The molecule has 26 heavy (non-hydrogen) atoms. The first-order valence-corrected chi connectivity index (χ1v) is 8.38. The van der Waals surface area contributed by atoms with Gasteiger partial charge in [0.2, 0.25) is 5.89 Å². The first kappa shape index (κ1) is 16.0. The molecule has 1 aromatic heterocycles. The van der Waals surface area contributed by atoms with E-state index < -0.39 is 0 Å². The van der Waals surface area contributed by atoms with Crippen LogP contribution in [0.3, 0.4) is 0 Å². The molecule has 128 valence electrons. The Bertz CT molecular complexity index is 1040. The summed E-state index contributed by atoms with van der Waals surface area (Å²) in [4.78, 5) is 15.6. The number of fused-ring (bicyclic) bond motifs is 1. The lowest BCUT2D eigenvalue weighted by molar-refractivity contribution is -0.385. The van der Waals surface area contributed by atoms with Crippen LogP contribution in [0.2, 0.25) is 0 Å². The van der Waals surface area contributed by atoms with Crippen LogP contribution in [-0.4, -0.2) is 9.91 Å². The highest BCUT2D eigenvalue weighted by atomic mass is 16.6. The maximum atomic E-state index is 11.5. The lowest BCUT2D eigenvalue weighted by Gasteiger charge is -2.05. The Morgan fingerprint density at radius 3 is 2.46 bits per heavy atom. The number of aromatic nitrogens is 1. The van der Waals surface area contributed by atoms with Crippen LogP contribution >= 0.6 is 0 Å². The Labute approximate surface area is 150 Å². The maximum absolute atomic E-state index is 11.5. The molecule has 0 aliphatic heterocycles. The fourth-order valence-electron chi connectivity index (χ4n) is 3.00. The molecule has 5 heteroatoms. The molecule has 3 aromatic carbocycles. The molecular formula is C21H16N2O3. The van der Waals surface area contributed by atoms with E-state index in [2.05, 4.69) is 4.98 Å². The summed E-state index contributed by atoms with van der Waals surface area (Å²) in [5, 5.41) is 11.5. The topological polar surface area (TPSA) is 69.2 Å². The number of nitro benzene ring substituents is 1. The molecule has 4 aromatic rings. The number of benzene rings is 3. The van der Waals surface area contributed by atoms with E-state index in [-0.39, 0.29) is 10.6 Å². The fourth-order valence-corrected chi connectivity index (χ4v) is 3.00. The molecule has 0 atom stereocenters. The number of aryl methyl sites for hydroxylation is 2. The average Bonchev–Trinajstić information content (AvgIpc) is 3.11. The van der Waals surface area contributed by atoms with Gasteiger partial charge in [0.25, 0.3) is 5.69 Å². The van der Waals surface area contributed by atoms with Crippen molar-refractivity contribution in [2.45, 2.75) is 12.8 Å². The predicted molar refractivity (Wildman–Crippen MR) is 99.9 cm³/mol. The Morgan fingerprint density at radius 2 is 1.69 bits per heavy atom. The molecule has 0 unspecified atom stereocenters. The van der Waals surface area contributed by atoms with Gasteiger partial charge in [-0.3, -0.25) is 10.1 Å². The van der Waals surface area contributed by atoms with E-state index in [1.54, 1.807) is 12.1 Å². The van der Waals surface area contributed by atoms with Gasteiger partial charge in [-0.15, -0.1) is 0 Å². The zero-order chi connectivity index (χ0) is 17.9. The fraction of sp³-hybridized carbons (Fsp3) is 0.0952. The van der Waals surface area contributed by atoms with E-state index in [0.717, 1.165) is 17.5 Å². The van der Waals surface area contributed by atoms with Crippen LogP contribution in [-0.2, 0) is 12.8 Å². The van der Waals surface area contributed by atoms with Gasteiger partial charge < -0.3 is 4.42 Å². The number of hydrogen-bond acceptors (Lipinski definition) is 4. The van der Waals surface area contributed by atoms with E-state index in [0.29, 0.717) is 29.0 Å². The van der Waals surface area contributed by atoms with Crippen molar-refractivity contribution in [1.82, 2.24) is 4.98 Å². The third-order valence-corrected chi connectivity index (χ3v) is 4.35. The summed E-state index contributed by atoms with van der Waals surface area (Å²) in [7, 11) is 0. The summed E-state index contributed by atoms with van der Waals surface area (Å²) < 4.78 is 5.72. The molecule has 0 saturated carbocycles. The van der Waals surface area contributed by atoms with Crippen molar-refractivity contribution in [2.75, 3.05) is 0 Å². The van der Waals surface area contributed by atoms with Crippen LogP contribution in [0.5, 0.6) is 0 Å². The van der Waals surface area contributed by atoms with Crippen molar-refractivity contribution in [1.29, 1.82) is 0 Å². The second-order valence-electron chi connectivity index (χ2n) is 6.07. The molecule has 0 aliphatic rings. The molecule has 1 heterocycles. The van der Waals surface area contributed by atoms with Crippen molar-refractivity contribution >= 4 is 16.8 Å². The molecule has 0 spiro atoms. The van der Waals surface area contributed by atoms with Crippen molar-refractivity contribution < 1.29 is 9.34 Å². The largest absolute Gasteiger partial charge is 0.436 e. The van der Waals surface area contributed by atoms with E-state index in [1.807, 2.05) is 60.7 Å². The standard InChI is InChI=1S/C21H16N2O3/c24-23(25)19-14-17(21-22-18-8-4-5-9-20(18)26-21)13-12-16(19)11-10-15-6-2-1-3-7-15/h1-9,12-14H,10-11H2. The van der Waals surface area contributed by atoms with E-state index in [1.165, 1.54) is 0 Å². The summed E-state index contributed by atoms with van der Waals surface area (Å²) in [5.41, 5.74) is 3.97. The monoisotopic (exact) mass is 344 g/mol. The third kappa shape index (κ3) is 3.19. The van der Waals surface area contributed by atoms with Gasteiger partial charge in [0, 0.05) is 17.2 Å². The van der Waals surface area contributed by atoms with Crippen molar-refractivity contribution in [3.63, 3.8) is 0 Å². The van der Waals surface area contributed by atoms with Crippen molar-refractivity contribution in [3.05, 3.63) is 94.0 Å². The second-order valence-corrected chi connectivity index (χ2v) is 6.07. The summed E-state index contributed by atoms with van der Waals surface area (Å²) in [5.74, 6) is 0.393. The first-order chi connectivity index (χ1) is 12.7. The SMILES string of the molecule is O=[N+]([O-])c1cc(-c2nc3ccccc3o2)ccc1CCc1ccccc1. The molecule has 0 bridgehead atoms. The van der Waals surface area contributed by atoms with Crippen LogP contribution in [0, 0.1) is 10.1 Å². The predicted octanol–water partition coefficient (Wildman–Crippen LogP) is 5.19. The molecular weight excluding hydrogens is 328 g/mol. The summed E-state index contributed by atoms with van der Waals surface area (Å²) in [6.07, 6.45) is 1.36. The lowest BCUT2D eigenvalue weighted by Crippen LogP contribution is -1.98. The lowest BCUT2D eigenvalue weighted by atomic mass is 10.0. The van der Waals surface area contributed by atoms with Crippen LogP contribution < -0.4 is 0 Å². The van der Waals surface area contributed by atoms with Crippen LogP contribution in [0.4, 0.5) is 5.69 Å². The molecule has 5 nitrogen and oxygen atoms in total. The summed E-state index contributed by atoms with van der Waals surface area (Å²) >= 11 is 0. The smallest absolute Gasteiger partial charge is 0.273 e. The van der Waals surface area contributed by atoms with E-state index >= 15 is 0 Å². The van der Waals surface area contributed by atoms with Gasteiger partial charge in [-0.1, -0.05) is 48.5 Å². The van der Waals surface area contributed by atoms with Gasteiger partial charge >= 0.3 is 0 Å². The second kappa shape index (κ2) is 6.80. The number of nitro groups is 1. The zero-order valence-corrected chi connectivity index (χ0v) is 14.0. The zero-order valence-electron chi connectivity index (χ0n) is 14.0. The Morgan fingerprint density at radius 1 is 0.923 bits per heavy atom. The highest BCUT2D eigenvalue weighted by Crippen LogP contribution is 2.29. The van der Waals surface area contributed by atoms with Crippen molar-refractivity contribution in [2.24, 2.45) is 0 Å². The number of nitrogens with zero attached hydrogens (tertiary/aromatic N) is 2. The van der Waals surface area contributed by atoms with Gasteiger partial charge in [-0.2, -0.15) is 0 Å². The van der Waals surface area contributed by atoms with Gasteiger partial charge in [0.05, 0.1) is 4.92 Å². The van der Waals surface area contributed by atoms with Crippen molar-refractivity contribution in [3.8, 4) is 11.5 Å². The minimum absolute atomic E-state index is 0.0979. The highest BCUT2D eigenvalue weighted by molar-refractivity contribution is 5.76. The number of para-hydroxylation sites is 2. The van der Waals surface area contributed by atoms with Crippen LogP contribution in [0.25, 0.3) is 22.6 Å². The molecule has 0 N–H and O–H groups in total. The Kier molecular flexibility index (Phi) is 4.19. The highest BCUT2D eigenvalue weighted by Gasteiger charge is 2.17. The quantitative estimate of drug-likeness (QED) is 0.369. The molecule has 4 rings (SSSR count). The average molecular weight is 344 g/mol. The Hall–Kier alpha value is -3.47. The molecule has 0 fully saturated rings. The van der Waals surface area contributed by atoms with Gasteiger partial charge in [-0.05, 0) is 36.6 Å². The maximum Gasteiger partial charge on any atom is 0.273 e. The van der Waals surface area contributed by atoms with Gasteiger partial charge in [0.1, 0.15) is 5.52 Å². The van der Waals surface area contributed by atoms with Crippen LogP contribution in [0.1, 0.15) is 11.1 Å². The third-order valence-electron chi connectivity index (χ3n) is 4.35. The normalized spacial score (nSPS) is 10.9. The van der Waals surface area contributed by atoms with Gasteiger partial charge in [0.15, 0.2) is 5.58 Å². The molecule has 0 amide bonds. The van der Waals surface area contributed by atoms with Crippen LogP contribution in [0.15, 0.2) is 77.2 Å². The number of hydrogen-bond donors (Lipinski definition) is 0. The number of rotatable bonds is 5. The summed E-state index contributed by atoms with van der Waals surface area (Å²) in [6, 6.07) is 22.6. The van der Waals surface area contributed by atoms with Gasteiger partial charge in [-0.25, -0.2) is 4.98 Å². The number of oxazole rings is 1. The summed E-state index contributed by atoms with van der Waals surface area (Å²) in [6.45, 7) is 0. The molecule has 0 saturated heterocycles. The van der Waals surface area contributed by atoms with E-state index in [4.69, 9.17) is 4.42 Å². The minimum Gasteiger partial charge on any atom is -0.436 e. The Balaban J connectivity index is 1.65. The minimum atomic E-state index is -0.341.